The highest BCUT2D eigenvalue weighted by molar-refractivity contribution is 7.69. The van der Waals surface area contributed by atoms with Crippen LogP contribution in [0.15, 0.2) is 12.1 Å². The van der Waals surface area contributed by atoms with E-state index in [1.807, 2.05) is 0 Å². The van der Waals surface area contributed by atoms with Gasteiger partial charge in [-0.15, -0.1) is 0 Å². The first-order valence-corrected chi connectivity index (χ1v) is 14.7. The van der Waals surface area contributed by atoms with E-state index in [-0.39, 0.29) is 10.3 Å². The molecule has 0 radical (unpaired) electrons. The van der Waals surface area contributed by atoms with Gasteiger partial charge in [-0.2, -0.15) is 0 Å². The van der Waals surface area contributed by atoms with Crippen LogP contribution in [0.3, 0.4) is 0 Å². The minimum Gasteiger partial charge on any atom is -0.0633 e. The van der Waals surface area contributed by atoms with Crippen molar-refractivity contribution in [2.45, 2.75) is 139 Å². The summed E-state index contributed by atoms with van der Waals surface area (Å²) in [6.07, 6.45) is 0. The van der Waals surface area contributed by atoms with Gasteiger partial charge in [0.25, 0.3) is 0 Å². The zero-order valence-corrected chi connectivity index (χ0v) is 26.2. The topological polar surface area (TPSA) is 0 Å². The average Bonchev–Trinajstić information content (AvgIpc) is 2.67. The lowest BCUT2D eigenvalue weighted by Gasteiger charge is -2.44. The van der Waals surface area contributed by atoms with Crippen LogP contribution in [0.1, 0.15) is 140 Å². The summed E-state index contributed by atoms with van der Waals surface area (Å²) < 4.78 is 0. The van der Waals surface area contributed by atoms with Crippen LogP contribution in [0.4, 0.5) is 0 Å². The van der Waals surface area contributed by atoms with Gasteiger partial charge in [0, 0.05) is 0 Å². The van der Waals surface area contributed by atoms with E-state index in [1.54, 1.807) is 5.30 Å². The van der Waals surface area contributed by atoms with Gasteiger partial charge in [0.2, 0.25) is 0 Å². The van der Waals surface area contributed by atoms with Crippen molar-refractivity contribution in [3.63, 3.8) is 0 Å². The fourth-order valence-corrected chi connectivity index (χ4v) is 10.3. The summed E-state index contributed by atoms with van der Waals surface area (Å²) >= 11 is 0. The fourth-order valence-electron chi connectivity index (χ4n) is 5.92. The molecule has 0 atom stereocenters. The van der Waals surface area contributed by atoms with Crippen molar-refractivity contribution in [3.8, 4) is 11.1 Å². The smallest absolute Gasteiger partial charge is 0.00688 e. The maximum absolute atomic E-state index is 2.59. The van der Waals surface area contributed by atoms with Crippen molar-refractivity contribution in [2.24, 2.45) is 0 Å². The van der Waals surface area contributed by atoms with Crippen LogP contribution < -0.4 is 5.30 Å². The molecule has 0 fully saturated rings. The largest absolute Gasteiger partial charge is 0.0633 e. The monoisotopic (exact) mass is 480 g/mol. The highest BCUT2D eigenvalue weighted by Gasteiger charge is 2.39. The molecule has 2 aromatic carbocycles. The van der Waals surface area contributed by atoms with E-state index in [2.05, 4.69) is 123 Å². The van der Waals surface area contributed by atoms with E-state index < -0.39 is 7.92 Å². The number of rotatable bonds is 5. The van der Waals surface area contributed by atoms with Crippen LogP contribution >= 0.6 is 7.92 Å². The van der Waals surface area contributed by atoms with Gasteiger partial charge in [-0.25, -0.2) is 0 Å². The van der Waals surface area contributed by atoms with Gasteiger partial charge in [-0.3, -0.25) is 0 Å². The van der Waals surface area contributed by atoms with Crippen molar-refractivity contribution >= 4 is 13.2 Å². The van der Waals surface area contributed by atoms with Gasteiger partial charge in [-0.05, 0) is 111 Å². The van der Waals surface area contributed by atoms with Gasteiger partial charge in [0.15, 0.2) is 0 Å². The quantitative estimate of drug-likeness (QED) is 0.373. The molecular weight excluding hydrogens is 427 g/mol. The minimum atomic E-state index is -0.425. The van der Waals surface area contributed by atoms with Crippen LogP contribution in [0.25, 0.3) is 11.1 Å². The molecule has 0 nitrogen and oxygen atoms in total. The maximum atomic E-state index is 2.59. The molecule has 190 valence electrons. The Balaban J connectivity index is 3.22. The molecule has 0 saturated carbocycles. The second kappa shape index (κ2) is 10.1. The van der Waals surface area contributed by atoms with Crippen LogP contribution in [-0.4, -0.2) is 10.3 Å². The van der Waals surface area contributed by atoms with Crippen LogP contribution in [-0.2, 0) is 0 Å². The lowest BCUT2D eigenvalue weighted by atomic mass is 9.80. The summed E-state index contributed by atoms with van der Waals surface area (Å²) in [7, 11) is -0.425. The Morgan fingerprint density at radius 2 is 0.912 bits per heavy atom. The van der Waals surface area contributed by atoms with Gasteiger partial charge in [0.05, 0.1) is 0 Å². The molecule has 0 aromatic heterocycles. The molecule has 0 unspecified atom stereocenters. The van der Waals surface area contributed by atoms with Crippen molar-refractivity contribution in [2.75, 3.05) is 0 Å². The van der Waals surface area contributed by atoms with E-state index in [4.69, 9.17) is 0 Å². The molecule has 34 heavy (non-hydrogen) atoms. The zero-order chi connectivity index (χ0) is 26.5. The van der Waals surface area contributed by atoms with E-state index in [0.717, 1.165) is 0 Å². The highest BCUT2D eigenvalue weighted by Crippen LogP contribution is 2.61. The second-order valence-corrected chi connectivity index (χ2v) is 17.2. The van der Waals surface area contributed by atoms with E-state index in [9.17, 15) is 0 Å². The predicted molar refractivity (Wildman–Crippen MR) is 159 cm³/mol. The maximum Gasteiger partial charge on any atom is -0.00688 e. The standard InChI is InChI=1S/C33H53P/c1-19(2)26-17-28(21(5)6)29(18-27(26)20(3)4)30-24(9)22(7)23(8)25(10)31(30)34(32(11,12)13)33(14,15)16/h17-21H,1-16H3. The van der Waals surface area contributed by atoms with Crippen molar-refractivity contribution < 1.29 is 0 Å². The predicted octanol–water partition coefficient (Wildman–Crippen LogP) is 10.7. The van der Waals surface area contributed by atoms with E-state index >= 15 is 0 Å². The van der Waals surface area contributed by atoms with Crippen molar-refractivity contribution in [3.05, 3.63) is 51.1 Å². The Bertz CT molecular complexity index is 1020. The first kappa shape index (κ1) is 29.1. The van der Waals surface area contributed by atoms with Gasteiger partial charge < -0.3 is 0 Å². The molecule has 1 heteroatoms. The highest BCUT2D eigenvalue weighted by atomic mass is 31.1. The SMILES string of the molecule is Cc1c(C)c(C)c(P(C(C)(C)C)C(C)(C)C)c(-c2cc(C(C)C)c(C(C)C)cc2C(C)C)c1C. The molecule has 2 aromatic rings. The normalized spacial score (nSPS) is 13.2. The van der Waals surface area contributed by atoms with Gasteiger partial charge in [-0.1, -0.05) is 103 Å². The third-order valence-corrected chi connectivity index (χ3v) is 11.3. The molecule has 0 aliphatic carbocycles. The summed E-state index contributed by atoms with van der Waals surface area (Å²) in [5.74, 6) is 1.53. The van der Waals surface area contributed by atoms with Crippen LogP contribution in [0.2, 0.25) is 0 Å². The first-order valence-electron chi connectivity index (χ1n) is 13.4. The fraction of sp³-hybridized carbons (Fsp3) is 0.636. The third-order valence-electron chi connectivity index (χ3n) is 7.61. The molecule has 0 aliphatic heterocycles. The zero-order valence-electron chi connectivity index (χ0n) is 25.3. The summed E-state index contributed by atoms with van der Waals surface area (Å²) in [5.41, 5.74) is 13.5. The summed E-state index contributed by atoms with van der Waals surface area (Å²) in [6.45, 7) is 38.4. The molecule has 0 spiro atoms. The third kappa shape index (κ3) is 5.48. The van der Waals surface area contributed by atoms with Crippen LogP contribution in [0, 0.1) is 27.7 Å². The Labute approximate surface area is 214 Å². The molecule has 2 rings (SSSR count). The molecule has 0 bridgehead atoms. The molecule has 0 aliphatic rings. The molecule has 0 amide bonds. The molecule has 0 heterocycles. The van der Waals surface area contributed by atoms with Gasteiger partial charge in [0.1, 0.15) is 0 Å². The Kier molecular flexibility index (Phi) is 8.63. The second-order valence-electron chi connectivity index (χ2n) is 13.4. The summed E-state index contributed by atoms with van der Waals surface area (Å²) in [6, 6.07) is 5.15. The van der Waals surface area contributed by atoms with Gasteiger partial charge >= 0.3 is 0 Å². The molecular formula is C33H53P. The first-order chi connectivity index (χ1) is 15.3. The van der Waals surface area contributed by atoms with E-state index in [0.29, 0.717) is 17.8 Å². The van der Waals surface area contributed by atoms with Crippen LogP contribution in [0.5, 0.6) is 0 Å². The molecule has 0 saturated heterocycles. The number of benzene rings is 2. The molecule has 0 N–H and O–H groups in total. The lowest BCUT2D eigenvalue weighted by Crippen LogP contribution is -2.34. The summed E-state index contributed by atoms with van der Waals surface area (Å²) in [5, 5.41) is 2.08. The number of hydrogen-bond donors (Lipinski definition) is 0. The average molecular weight is 481 g/mol. The van der Waals surface area contributed by atoms with Crippen molar-refractivity contribution in [1.82, 2.24) is 0 Å². The number of hydrogen-bond acceptors (Lipinski definition) is 0. The Hall–Kier alpha value is -1.13. The lowest BCUT2D eigenvalue weighted by molar-refractivity contribution is 0.714. The Morgan fingerprint density at radius 3 is 1.29 bits per heavy atom. The van der Waals surface area contributed by atoms with E-state index in [1.165, 1.54) is 50.1 Å². The summed E-state index contributed by atoms with van der Waals surface area (Å²) in [4.78, 5) is 0. The minimum absolute atomic E-state index is 0.220. The Morgan fingerprint density at radius 1 is 0.529 bits per heavy atom. The van der Waals surface area contributed by atoms with Crippen molar-refractivity contribution in [1.29, 1.82) is 0 Å².